The van der Waals surface area contributed by atoms with Crippen LogP contribution in [0.1, 0.15) is 92.4 Å². The Morgan fingerprint density at radius 2 is 1.54 bits per heavy atom. The predicted molar refractivity (Wildman–Crippen MR) is 150 cm³/mol. The van der Waals surface area contributed by atoms with Crippen molar-refractivity contribution in [3.05, 3.63) is 71.1 Å². The van der Waals surface area contributed by atoms with Gasteiger partial charge < -0.3 is 15.3 Å². The lowest BCUT2D eigenvalue weighted by Crippen LogP contribution is -2.14. The maximum absolute atomic E-state index is 5.10. The molecule has 0 radical (unpaired) electrons. The van der Waals surface area contributed by atoms with E-state index in [-0.39, 0.29) is 0 Å². The highest BCUT2D eigenvalue weighted by Gasteiger charge is 2.25. The van der Waals surface area contributed by atoms with Crippen molar-refractivity contribution >= 4 is 0 Å². The average molecular weight is 492 g/mol. The first-order valence-electron chi connectivity index (χ1n) is 14.4. The summed E-state index contributed by atoms with van der Waals surface area (Å²) in [6.07, 6.45) is 11.9. The molecule has 0 spiro atoms. The number of nitrogens with zero attached hydrogens (tertiary/aromatic N) is 2. The summed E-state index contributed by atoms with van der Waals surface area (Å²) < 4.78 is 0. The van der Waals surface area contributed by atoms with Crippen molar-refractivity contribution in [3.8, 4) is 33.6 Å². The third-order valence-electron chi connectivity index (χ3n) is 8.80. The summed E-state index contributed by atoms with van der Waals surface area (Å²) in [7, 11) is 0. The van der Waals surface area contributed by atoms with E-state index in [0.29, 0.717) is 12.0 Å². The number of benzene rings is 2. The molecule has 37 heavy (non-hydrogen) atoms. The molecule has 7 rings (SSSR count). The van der Waals surface area contributed by atoms with Gasteiger partial charge in [0, 0.05) is 28.4 Å². The third-order valence-corrected chi connectivity index (χ3v) is 8.80. The normalized spacial score (nSPS) is 19.6. The van der Waals surface area contributed by atoms with Crippen LogP contribution in [0.5, 0.6) is 0 Å². The SMILES string of the molecule is CCc1[nH]c(C2CCCC2)nc1-c1ccc(-c2ccc3c(c2)CCCc2[nH]c([C@@H]4CCCN4)nc2-3)cc1. The van der Waals surface area contributed by atoms with Gasteiger partial charge in [-0.3, -0.25) is 0 Å². The zero-order chi connectivity index (χ0) is 24.8. The van der Waals surface area contributed by atoms with Gasteiger partial charge in [-0.1, -0.05) is 62.2 Å². The van der Waals surface area contributed by atoms with Gasteiger partial charge in [-0.15, -0.1) is 0 Å². The van der Waals surface area contributed by atoms with E-state index >= 15 is 0 Å². The molecule has 0 bridgehead atoms. The van der Waals surface area contributed by atoms with Crippen LogP contribution >= 0.6 is 0 Å². The molecule has 3 aliphatic rings. The van der Waals surface area contributed by atoms with Crippen molar-refractivity contribution in [2.45, 2.75) is 83.1 Å². The first kappa shape index (κ1) is 23.0. The van der Waals surface area contributed by atoms with Crippen molar-refractivity contribution in [1.29, 1.82) is 0 Å². The highest BCUT2D eigenvalue weighted by molar-refractivity contribution is 5.75. The molecule has 1 atom stereocenters. The molecule has 3 N–H and O–H groups in total. The number of hydrogen-bond donors (Lipinski definition) is 3. The molecule has 2 aromatic heterocycles. The standard InChI is InChI=1S/C32H37N5/c1-2-26-29(36-31(34-26)22-7-3-4-8-22)21-14-12-20(13-15-21)23-16-17-25-24(19-23)9-5-10-27-30(25)37-32(35-27)28-11-6-18-33-28/h12-17,19,22,28,33H,2-11,18H2,1H3,(H,34,36)(H,35,37)/t28-/m0/s1. The van der Waals surface area contributed by atoms with Gasteiger partial charge in [0.15, 0.2) is 0 Å². The molecule has 1 saturated heterocycles. The highest BCUT2D eigenvalue weighted by Crippen LogP contribution is 2.37. The van der Waals surface area contributed by atoms with Crippen molar-refractivity contribution in [1.82, 2.24) is 25.3 Å². The Morgan fingerprint density at radius 1 is 0.757 bits per heavy atom. The highest BCUT2D eigenvalue weighted by atomic mass is 15.0. The van der Waals surface area contributed by atoms with Crippen molar-refractivity contribution < 1.29 is 0 Å². The van der Waals surface area contributed by atoms with E-state index < -0.39 is 0 Å². The zero-order valence-electron chi connectivity index (χ0n) is 21.9. The van der Waals surface area contributed by atoms with Gasteiger partial charge in [0.1, 0.15) is 11.6 Å². The van der Waals surface area contributed by atoms with Gasteiger partial charge >= 0.3 is 0 Å². The molecule has 1 saturated carbocycles. The number of hydrogen-bond acceptors (Lipinski definition) is 3. The molecule has 3 heterocycles. The Labute approximate surface area is 219 Å². The molecule has 0 amide bonds. The lowest BCUT2D eigenvalue weighted by Gasteiger charge is -2.10. The van der Waals surface area contributed by atoms with Gasteiger partial charge in [-0.25, -0.2) is 9.97 Å². The number of H-pyrrole nitrogens is 2. The topological polar surface area (TPSA) is 69.4 Å². The Morgan fingerprint density at radius 3 is 2.32 bits per heavy atom. The van der Waals surface area contributed by atoms with E-state index in [2.05, 4.69) is 64.7 Å². The third kappa shape index (κ3) is 4.23. The van der Waals surface area contributed by atoms with Crippen LogP contribution in [0.3, 0.4) is 0 Å². The van der Waals surface area contributed by atoms with Gasteiger partial charge in [-0.05, 0) is 74.6 Å². The summed E-state index contributed by atoms with van der Waals surface area (Å²) in [6, 6.07) is 16.4. The summed E-state index contributed by atoms with van der Waals surface area (Å²) in [6.45, 7) is 3.31. The number of rotatable bonds is 5. The molecular weight excluding hydrogens is 454 g/mol. The lowest BCUT2D eigenvalue weighted by molar-refractivity contribution is 0.610. The number of aromatic amines is 2. The van der Waals surface area contributed by atoms with Gasteiger partial charge in [0.25, 0.3) is 0 Å². The Kier molecular flexibility index (Phi) is 5.96. The van der Waals surface area contributed by atoms with Crippen molar-refractivity contribution in [2.24, 2.45) is 0 Å². The first-order chi connectivity index (χ1) is 18.3. The monoisotopic (exact) mass is 491 g/mol. The summed E-state index contributed by atoms with van der Waals surface area (Å²) in [5.41, 5.74) is 11.4. The maximum atomic E-state index is 5.10. The summed E-state index contributed by atoms with van der Waals surface area (Å²) in [5, 5.41) is 3.59. The molecule has 5 heteroatoms. The van der Waals surface area contributed by atoms with Crippen LogP contribution in [-0.2, 0) is 19.3 Å². The Bertz CT molecular complexity index is 1400. The van der Waals surface area contributed by atoms with Crippen LogP contribution in [0, 0.1) is 0 Å². The van der Waals surface area contributed by atoms with Crippen molar-refractivity contribution in [2.75, 3.05) is 6.54 Å². The second-order valence-electron chi connectivity index (χ2n) is 11.2. The van der Waals surface area contributed by atoms with E-state index in [1.807, 2.05) is 0 Å². The Balaban J connectivity index is 1.17. The van der Waals surface area contributed by atoms with E-state index in [9.17, 15) is 0 Å². The number of aromatic nitrogens is 4. The van der Waals surface area contributed by atoms with Crippen LogP contribution < -0.4 is 5.32 Å². The summed E-state index contributed by atoms with van der Waals surface area (Å²) in [5.74, 6) is 2.93. The minimum absolute atomic E-state index is 0.380. The minimum Gasteiger partial charge on any atom is -0.345 e. The van der Waals surface area contributed by atoms with Crippen LogP contribution in [0.15, 0.2) is 42.5 Å². The summed E-state index contributed by atoms with van der Waals surface area (Å²) >= 11 is 0. The summed E-state index contributed by atoms with van der Waals surface area (Å²) in [4.78, 5) is 17.5. The average Bonchev–Trinajstić information content (AvgIpc) is 3.74. The first-order valence-corrected chi connectivity index (χ1v) is 14.4. The van der Waals surface area contributed by atoms with Crippen LogP contribution in [0.4, 0.5) is 0 Å². The van der Waals surface area contributed by atoms with Crippen LogP contribution in [0.2, 0.25) is 0 Å². The van der Waals surface area contributed by atoms with E-state index in [4.69, 9.17) is 9.97 Å². The van der Waals surface area contributed by atoms with Crippen molar-refractivity contribution in [3.63, 3.8) is 0 Å². The van der Waals surface area contributed by atoms with E-state index in [1.165, 1.54) is 89.2 Å². The van der Waals surface area contributed by atoms with Crippen LogP contribution in [-0.4, -0.2) is 26.5 Å². The zero-order valence-corrected chi connectivity index (χ0v) is 21.9. The lowest BCUT2D eigenvalue weighted by atomic mass is 9.95. The molecule has 1 aliphatic heterocycles. The molecule has 2 aliphatic carbocycles. The predicted octanol–water partition coefficient (Wildman–Crippen LogP) is 7.27. The Hall–Kier alpha value is -3.18. The molecule has 4 aromatic rings. The number of aryl methyl sites for hydroxylation is 3. The fourth-order valence-corrected chi connectivity index (χ4v) is 6.72. The van der Waals surface area contributed by atoms with E-state index in [0.717, 1.165) is 43.7 Å². The minimum atomic E-state index is 0.380. The number of nitrogens with one attached hydrogen (secondary N) is 3. The fraction of sp³-hybridized carbons (Fsp3) is 0.438. The van der Waals surface area contributed by atoms with Crippen LogP contribution in [0.25, 0.3) is 33.6 Å². The number of imidazole rings is 2. The molecule has 2 aromatic carbocycles. The van der Waals surface area contributed by atoms with Gasteiger partial charge in [0.2, 0.25) is 0 Å². The second-order valence-corrected chi connectivity index (χ2v) is 11.2. The smallest absolute Gasteiger partial charge is 0.124 e. The maximum Gasteiger partial charge on any atom is 0.124 e. The fourth-order valence-electron chi connectivity index (χ4n) is 6.72. The van der Waals surface area contributed by atoms with E-state index in [1.54, 1.807) is 0 Å². The second kappa shape index (κ2) is 9.60. The van der Waals surface area contributed by atoms with Gasteiger partial charge in [-0.2, -0.15) is 0 Å². The largest absolute Gasteiger partial charge is 0.345 e. The molecule has 190 valence electrons. The quantitative estimate of drug-likeness (QED) is 0.275. The molecule has 5 nitrogen and oxygen atoms in total. The molecular formula is C32H37N5. The molecule has 0 unspecified atom stereocenters. The van der Waals surface area contributed by atoms with Gasteiger partial charge in [0.05, 0.1) is 17.4 Å². The molecule has 2 fully saturated rings. The number of fused-ring (bicyclic) bond motifs is 3.